The van der Waals surface area contributed by atoms with Crippen molar-refractivity contribution in [3.63, 3.8) is 0 Å². The molecule has 0 unspecified atom stereocenters. The quantitative estimate of drug-likeness (QED) is 0.363. The molecule has 0 aromatic rings. The van der Waals surface area contributed by atoms with Crippen molar-refractivity contribution in [2.75, 3.05) is 6.61 Å². The summed E-state index contributed by atoms with van der Waals surface area (Å²) in [5.41, 5.74) is 1.58. The van der Waals surface area contributed by atoms with E-state index in [1.807, 2.05) is 6.92 Å². The number of hydrogen-bond acceptors (Lipinski definition) is 2. The van der Waals surface area contributed by atoms with E-state index in [1.165, 1.54) is 6.08 Å². The second-order valence-corrected chi connectivity index (χ2v) is 2.49. The van der Waals surface area contributed by atoms with Crippen molar-refractivity contribution in [2.24, 2.45) is 0 Å². The van der Waals surface area contributed by atoms with Gasteiger partial charge in [-0.25, -0.2) is 4.79 Å². The second kappa shape index (κ2) is 5.35. The van der Waals surface area contributed by atoms with Crippen LogP contribution in [0, 0.1) is 0 Å². The van der Waals surface area contributed by atoms with Gasteiger partial charge in [0.2, 0.25) is 0 Å². The summed E-state index contributed by atoms with van der Waals surface area (Å²) < 4.78 is 4.82. The van der Waals surface area contributed by atoms with Crippen LogP contribution in [-0.4, -0.2) is 12.6 Å². The van der Waals surface area contributed by atoms with Crippen LogP contribution in [0.5, 0.6) is 0 Å². The smallest absolute Gasteiger partial charge is 0.330 e. The molecule has 0 aliphatic carbocycles. The number of rotatable bonds is 4. The minimum atomic E-state index is -0.347. The Kier molecular flexibility index (Phi) is 4.77. The summed E-state index contributed by atoms with van der Waals surface area (Å²) in [6, 6.07) is 0. The highest BCUT2D eigenvalue weighted by Crippen LogP contribution is 2.03. The molecule has 0 radical (unpaired) electrons. The standard InChI is InChI=1S/C10H14O2/c1-5-6-10(11)12-7-9(4)8(2)3/h5-6H,2,4,7H2,1,3H3/b6-5+. The van der Waals surface area contributed by atoms with E-state index < -0.39 is 0 Å². The molecule has 0 aromatic carbocycles. The first-order valence-electron chi connectivity index (χ1n) is 3.71. The molecule has 0 rings (SSSR count). The number of ether oxygens (including phenoxy) is 1. The maximum atomic E-state index is 10.8. The zero-order valence-electron chi connectivity index (χ0n) is 7.59. The molecule has 0 aliphatic heterocycles. The van der Waals surface area contributed by atoms with Crippen LogP contribution in [0.15, 0.2) is 36.5 Å². The zero-order chi connectivity index (χ0) is 9.56. The fraction of sp³-hybridized carbons (Fsp3) is 0.300. The van der Waals surface area contributed by atoms with Crippen molar-refractivity contribution in [2.45, 2.75) is 13.8 Å². The molecule has 0 amide bonds. The third-order valence-corrected chi connectivity index (χ3v) is 1.29. The van der Waals surface area contributed by atoms with E-state index in [2.05, 4.69) is 13.2 Å². The van der Waals surface area contributed by atoms with E-state index in [1.54, 1.807) is 13.0 Å². The molecule has 0 heterocycles. The Balaban J connectivity index is 3.76. The maximum Gasteiger partial charge on any atom is 0.330 e. The van der Waals surface area contributed by atoms with Gasteiger partial charge < -0.3 is 4.74 Å². The van der Waals surface area contributed by atoms with E-state index in [0.29, 0.717) is 0 Å². The highest BCUT2D eigenvalue weighted by molar-refractivity contribution is 5.81. The zero-order valence-corrected chi connectivity index (χ0v) is 7.59. The number of carbonyl (C=O) groups excluding carboxylic acids is 1. The molecule has 0 saturated carbocycles. The number of carbonyl (C=O) groups is 1. The Bertz CT molecular complexity index is 224. The Hall–Kier alpha value is -1.31. The Labute approximate surface area is 73.2 Å². The van der Waals surface area contributed by atoms with E-state index in [0.717, 1.165) is 11.1 Å². The highest BCUT2D eigenvalue weighted by atomic mass is 16.5. The van der Waals surface area contributed by atoms with Crippen LogP contribution >= 0.6 is 0 Å². The monoisotopic (exact) mass is 166 g/mol. The average molecular weight is 166 g/mol. The van der Waals surface area contributed by atoms with Crippen LogP contribution in [0.25, 0.3) is 0 Å². The lowest BCUT2D eigenvalue weighted by Gasteiger charge is -2.03. The summed E-state index contributed by atoms with van der Waals surface area (Å²) in [6.07, 6.45) is 3.00. The third-order valence-electron chi connectivity index (χ3n) is 1.29. The van der Waals surface area contributed by atoms with Gasteiger partial charge in [-0.1, -0.05) is 24.8 Å². The Morgan fingerprint density at radius 2 is 2.08 bits per heavy atom. The Morgan fingerprint density at radius 1 is 1.50 bits per heavy atom. The normalized spacial score (nSPS) is 9.83. The minimum Gasteiger partial charge on any atom is -0.458 e. The van der Waals surface area contributed by atoms with E-state index in [9.17, 15) is 4.79 Å². The molecule has 0 atom stereocenters. The van der Waals surface area contributed by atoms with Gasteiger partial charge in [0, 0.05) is 6.08 Å². The molecule has 2 nitrogen and oxygen atoms in total. The van der Waals surface area contributed by atoms with Crippen LogP contribution < -0.4 is 0 Å². The van der Waals surface area contributed by atoms with Crippen molar-refractivity contribution >= 4 is 5.97 Å². The van der Waals surface area contributed by atoms with E-state index >= 15 is 0 Å². The molecule has 0 fully saturated rings. The van der Waals surface area contributed by atoms with E-state index in [-0.39, 0.29) is 12.6 Å². The summed E-state index contributed by atoms with van der Waals surface area (Å²) in [6.45, 7) is 11.2. The summed E-state index contributed by atoms with van der Waals surface area (Å²) in [7, 11) is 0. The van der Waals surface area contributed by atoms with Crippen LogP contribution in [-0.2, 0) is 9.53 Å². The molecule has 12 heavy (non-hydrogen) atoms. The molecule has 66 valence electrons. The van der Waals surface area contributed by atoms with Gasteiger partial charge in [-0.2, -0.15) is 0 Å². The topological polar surface area (TPSA) is 26.3 Å². The van der Waals surface area contributed by atoms with Gasteiger partial charge >= 0.3 is 5.97 Å². The number of allylic oxidation sites excluding steroid dienone is 1. The molecule has 2 heteroatoms. The fourth-order valence-corrected chi connectivity index (χ4v) is 0.466. The van der Waals surface area contributed by atoms with Crippen molar-refractivity contribution in [1.29, 1.82) is 0 Å². The molecule has 0 aliphatic rings. The lowest BCUT2D eigenvalue weighted by atomic mass is 10.2. The number of esters is 1. The first-order chi connectivity index (χ1) is 5.57. The summed E-state index contributed by atoms with van der Waals surface area (Å²) in [5, 5.41) is 0. The summed E-state index contributed by atoms with van der Waals surface area (Å²) >= 11 is 0. The van der Waals surface area contributed by atoms with Gasteiger partial charge in [-0.3, -0.25) is 0 Å². The maximum absolute atomic E-state index is 10.8. The summed E-state index contributed by atoms with van der Waals surface area (Å²) in [5.74, 6) is -0.347. The first kappa shape index (κ1) is 10.7. The van der Waals surface area contributed by atoms with Crippen LogP contribution in [0.1, 0.15) is 13.8 Å². The Morgan fingerprint density at radius 3 is 2.50 bits per heavy atom. The van der Waals surface area contributed by atoms with Crippen LogP contribution in [0.2, 0.25) is 0 Å². The third kappa shape index (κ3) is 4.50. The van der Waals surface area contributed by atoms with Gasteiger partial charge in [0.05, 0.1) is 0 Å². The molecule has 0 saturated heterocycles. The molecule has 0 spiro atoms. The molecular weight excluding hydrogens is 152 g/mol. The van der Waals surface area contributed by atoms with Crippen LogP contribution in [0.3, 0.4) is 0 Å². The van der Waals surface area contributed by atoms with Crippen molar-refractivity contribution < 1.29 is 9.53 Å². The predicted molar refractivity (Wildman–Crippen MR) is 49.7 cm³/mol. The van der Waals surface area contributed by atoms with Gasteiger partial charge in [-0.15, -0.1) is 0 Å². The minimum absolute atomic E-state index is 0.221. The van der Waals surface area contributed by atoms with Gasteiger partial charge in [-0.05, 0) is 19.4 Å². The lowest BCUT2D eigenvalue weighted by Crippen LogP contribution is -2.04. The second-order valence-electron chi connectivity index (χ2n) is 2.49. The average Bonchev–Trinajstić information content (AvgIpc) is 2.00. The van der Waals surface area contributed by atoms with Gasteiger partial charge in [0.1, 0.15) is 6.61 Å². The molecule has 0 N–H and O–H groups in total. The summed E-state index contributed by atoms with van der Waals surface area (Å²) in [4.78, 5) is 10.8. The molecule has 0 aromatic heterocycles. The van der Waals surface area contributed by atoms with Gasteiger partial charge in [0.15, 0.2) is 0 Å². The predicted octanol–water partition coefficient (Wildman–Crippen LogP) is 2.24. The largest absolute Gasteiger partial charge is 0.458 e. The molecule has 0 bridgehead atoms. The van der Waals surface area contributed by atoms with Crippen molar-refractivity contribution in [1.82, 2.24) is 0 Å². The lowest BCUT2D eigenvalue weighted by molar-refractivity contribution is -0.136. The van der Waals surface area contributed by atoms with Crippen LogP contribution in [0.4, 0.5) is 0 Å². The SMILES string of the molecule is C=C(C)C(=C)COC(=O)/C=C/C. The first-order valence-corrected chi connectivity index (χ1v) is 3.71. The van der Waals surface area contributed by atoms with E-state index in [4.69, 9.17) is 4.74 Å². The fourth-order valence-electron chi connectivity index (χ4n) is 0.466. The highest BCUT2D eigenvalue weighted by Gasteiger charge is 1.98. The number of hydrogen-bond donors (Lipinski definition) is 0. The molecular formula is C10H14O2. The van der Waals surface area contributed by atoms with Gasteiger partial charge in [0.25, 0.3) is 0 Å². The van der Waals surface area contributed by atoms with Crippen molar-refractivity contribution in [3.8, 4) is 0 Å². The van der Waals surface area contributed by atoms with Crippen molar-refractivity contribution in [3.05, 3.63) is 36.5 Å².